The van der Waals surface area contributed by atoms with Crippen molar-refractivity contribution < 1.29 is 9.60 Å². The Bertz CT molecular complexity index is 1180. The molecule has 5 heteroatoms. The van der Waals surface area contributed by atoms with Crippen LogP contribution in [0.3, 0.4) is 0 Å². The summed E-state index contributed by atoms with van der Waals surface area (Å²) in [4.78, 5) is 7.79. The smallest absolute Gasteiger partial charge is 0.139 e. The van der Waals surface area contributed by atoms with Crippen molar-refractivity contribution >= 4 is 16.7 Å². The van der Waals surface area contributed by atoms with Crippen LogP contribution in [0.25, 0.3) is 33.5 Å². The van der Waals surface area contributed by atoms with Crippen molar-refractivity contribution in [1.82, 2.24) is 9.97 Å². The SMILES string of the molecule is O/N=C1\c2ccccc2-c2c1cccc2-c1nc2ccc(F)cc2[nH]1. The van der Waals surface area contributed by atoms with E-state index in [0.717, 1.165) is 27.8 Å². The molecule has 1 aliphatic rings. The number of halogens is 1. The van der Waals surface area contributed by atoms with Gasteiger partial charge in [-0.2, -0.15) is 0 Å². The van der Waals surface area contributed by atoms with Gasteiger partial charge in [-0.3, -0.25) is 0 Å². The van der Waals surface area contributed by atoms with Crippen molar-refractivity contribution in [2.75, 3.05) is 0 Å². The fourth-order valence-electron chi connectivity index (χ4n) is 3.51. The second kappa shape index (κ2) is 5.01. The maximum Gasteiger partial charge on any atom is 0.139 e. The Morgan fingerprint density at radius 3 is 2.48 bits per heavy atom. The first-order valence-electron chi connectivity index (χ1n) is 7.87. The third kappa shape index (κ3) is 1.92. The number of oxime groups is 1. The molecule has 4 aromatic rings. The number of H-pyrrole nitrogens is 1. The zero-order valence-corrected chi connectivity index (χ0v) is 13.0. The molecule has 0 saturated carbocycles. The van der Waals surface area contributed by atoms with Gasteiger partial charge in [-0.15, -0.1) is 0 Å². The van der Waals surface area contributed by atoms with Crippen LogP contribution in [0, 0.1) is 5.82 Å². The summed E-state index contributed by atoms with van der Waals surface area (Å²) in [5, 5.41) is 13.0. The molecule has 1 heterocycles. The van der Waals surface area contributed by atoms with Crippen molar-refractivity contribution in [3.05, 3.63) is 77.6 Å². The first-order valence-corrected chi connectivity index (χ1v) is 7.87. The molecule has 0 aliphatic heterocycles. The van der Waals surface area contributed by atoms with Crippen LogP contribution in [-0.4, -0.2) is 20.9 Å². The zero-order valence-electron chi connectivity index (χ0n) is 13.0. The summed E-state index contributed by atoms with van der Waals surface area (Å²) in [7, 11) is 0. The highest BCUT2D eigenvalue weighted by molar-refractivity contribution is 6.26. The number of rotatable bonds is 1. The molecule has 5 rings (SSSR count). The molecule has 0 fully saturated rings. The third-order valence-corrected chi connectivity index (χ3v) is 4.57. The fraction of sp³-hybridized carbons (Fsp3) is 0. The van der Waals surface area contributed by atoms with E-state index in [1.165, 1.54) is 12.1 Å². The van der Waals surface area contributed by atoms with Crippen LogP contribution < -0.4 is 0 Å². The van der Waals surface area contributed by atoms with E-state index < -0.39 is 0 Å². The van der Waals surface area contributed by atoms with Crippen LogP contribution >= 0.6 is 0 Å². The molecular formula is C20H12FN3O. The molecule has 0 bridgehead atoms. The van der Waals surface area contributed by atoms with E-state index in [4.69, 9.17) is 0 Å². The Morgan fingerprint density at radius 1 is 0.880 bits per heavy atom. The van der Waals surface area contributed by atoms with E-state index >= 15 is 0 Å². The van der Waals surface area contributed by atoms with Crippen LogP contribution in [0.15, 0.2) is 65.8 Å². The molecule has 0 atom stereocenters. The minimum absolute atomic E-state index is 0.305. The number of fused-ring (bicyclic) bond motifs is 4. The highest BCUT2D eigenvalue weighted by atomic mass is 19.1. The van der Waals surface area contributed by atoms with Gasteiger partial charge < -0.3 is 10.2 Å². The van der Waals surface area contributed by atoms with Crippen LogP contribution in [0.4, 0.5) is 4.39 Å². The quantitative estimate of drug-likeness (QED) is 0.349. The maximum atomic E-state index is 13.5. The lowest BCUT2D eigenvalue weighted by atomic mass is 9.99. The summed E-state index contributed by atoms with van der Waals surface area (Å²) >= 11 is 0. The molecule has 3 aromatic carbocycles. The molecule has 1 aromatic heterocycles. The molecule has 2 N–H and O–H groups in total. The Hall–Kier alpha value is -3.47. The van der Waals surface area contributed by atoms with E-state index in [1.54, 1.807) is 6.07 Å². The average molecular weight is 329 g/mol. The Kier molecular flexibility index (Phi) is 2.79. The summed E-state index contributed by atoms with van der Waals surface area (Å²) in [6.07, 6.45) is 0. The second-order valence-corrected chi connectivity index (χ2v) is 5.97. The van der Waals surface area contributed by atoms with Gasteiger partial charge in [0.2, 0.25) is 0 Å². The Morgan fingerprint density at radius 2 is 1.64 bits per heavy atom. The van der Waals surface area contributed by atoms with Gasteiger partial charge in [0.15, 0.2) is 0 Å². The summed E-state index contributed by atoms with van der Waals surface area (Å²) < 4.78 is 13.5. The first-order chi connectivity index (χ1) is 12.3. The lowest BCUT2D eigenvalue weighted by molar-refractivity contribution is 0.320. The minimum atomic E-state index is -0.305. The number of nitrogens with one attached hydrogen (secondary N) is 1. The lowest BCUT2D eigenvalue weighted by Crippen LogP contribution is -1.97. The summed E-state index contributed by atoms with van der Waals surface area (Å²) in [6.45, 7) is 0. The summed E-state index contributed by atoms with van der Waals surface area (Å²) in [6, 6.07) is 18.1. The molecule has 4 nitrogen and oxygen atoms in total. The standard InChI is InChI=1S/C20H12FN3O/c21-11-8-9-16-17(10-11)23-20(22-16)15-7-3-6-14-18(15)12-4-1-2-5-13(12)19(14)24-25/h1-10,25H,(H,22,23)/b24-19+. The molecule has 0 radical (unpaired) electrons. The third-order valence-electron chi connectivity index (χ3n) is 4.57. The number of hydrogen-bond acceptors (Lipinski definition) is 3. The van der Waals surface area contributed by atoms with Crippen LogP contribution in [-0.2, 0) is 0 Å². The number of nitrogens with zero attached hydrogens (tertiary/aromatic N) is 2. The van der Waals surface area contributed by atoms with E-state index in [2.05, 4.69) is 15.1 Å². The van der Waals surface area contributed by atoms with Gasteiger partial charge in [0.05, 0.1) is 11.0 Å². The summed E-state index contributed by atoms with van der Waals surface area (Å²) in [5.41, 5.74) is 6.49. The fourth-order valence-corrected chi connectivity index (χ4v) is 3.51. The molecule has 1 aliphatic carbocycles. The van der Waals surface area contributed by atoms with E-state index in [1.807, 2.05) is 42.5 Å². The van der Waals surface area contributed by atoms with Gasteiger partial charge in [-0.1, -0.05) is 47.6 Å². The van der Waals surface area contributed by atoms with Crippen molar-refractivity contribution in [3.8, 4) is 22.5 Å². The highest BCUT2D eigenvalue weighted by Crippen LogP contribution is 2.42. The average Bonchev–Trinajstić information content (AvgIpc) is 3.19. The van der Waals surface area contributed by atoms with Gasteiger partial charge >= 0.3 is 0 Å². The van der Waals surface area contributed by atoms with Crippen molar-refractivity contribution in [2.24, 2.45) is 5.16 Å². The molecule has 0 spiro atoms. The molecule has 120 valence electrons. The van der Waals surface area contributed by atoms with Crippen molar-refractivity contribution in [3.63, 3.8) is 0 Å². The molecule has 0 unspecified atom stereocenters. The van der Waals surface area contributed by atoms with E-state index in [-0.39, 0.29) is 5.82 Å². The molecule has 25 heavy (non-hydrogen) atoms. The van der Waals surface area contributed by atoms with Gasteiger partial charge in [0, 0.05) is 22.3 Å². The Balaban J connectivity index is 1.82. The monoisotopic (exact) mass is 329 g/mol. The number of imidazole rings is 1. The Labute approximate surface area is 142 Å². The number of benzene rings is 3. The first kappa shape index (κ1) is 13.9. The van der Waals surface area contributed by atoms with Gasteiger partial charge in [-0.25, -0.2) is 9.37 Å². The lowest BCUT2D eigenvalue weighted by Gasteiger charge is -2.06. The van der Waals surface area contributed by atoms with E-state index in [0.29, 0.717) is 22.6 Å². The van der Waals surface area contributed by atoms with Gasteiger partial charge in [-0.05, 0) is 23.8 Å². The van der Waals surface area contributed by atoms with Crippen LogP contribution in [0.1, 0.15) is 11.1 Å². The molecule has 0 saturated heterocycles. The molecule has 0 amide bonds. The number of aromatic nitrogens is 2. The summed E-state index contributed by atoms with van der Waals surface area (Å²) in [5.74, 6) is 0.354. The zero-order chi connectivity index (χ0) is 17.0. The topological polar surface area (TPSA) is 61.3 Å². The van der Waals surface area contributed by atoms with Crippen molar-refractivity contribution in [2.45, 2.75) is 0 Å². The van der Waals surface area contributed by atoms with Gasteiger partial charge in [0.25, 0.3) is 0 Å². The van der Waals surface area contributed by atoms with Crippen LogP contribution in [0.5, 0.6) is 0 Å². The largest absolute Gasteiger partial charge is 0.410 e. The second-order valence-electron chi connectivity index (χ2n) is 5.97. The predicted octanol–water partition coefficient (Wildman–Crippen LogP) is 4.58. The van der Waals surface area contributed by atoms with Gasteiger partial charge in [0.1, 0.15) is 17.4 Å². The minimum Gasteiger partial charge on any atom is -0.410 e. The molecular weight excluding hydrogens is 317 g/mol. The number of hydrogen-bond donors (Lipinski definition) is 2. The number of aromatic amines is 1. The maximum absolute atomic E-state index is 13.5. The normalized spacial score (nSPS) is 14.0. The van der Waals surface area contributed by atoms with Crippen molar-refractivity contribution in [1.29, 1.82) is 0 Å². The van der Waals surface area contributed by atoms with E-state index in [9.17, 15) is 9.60 Å². The van der Waals surface area contributed by atoms with Crippen LogP contribution in [0.2, 0.25) is 0 Å². The predicted molar refractivity (Wildman–Crippen MR) is 94.3 cm³/mol. The highest BCUT2D eigenvalue weighted by Gasteiger charge is 2.28.